The van der Waals surface area contributed by atoms with Gasteiger partial charge in [0.05, 0.1) is 5.69 Å². The fourth-order valence-electron chi connectivity index (χ4n) is 1.92. The molecule has 1 aromatic heterocycles. The normalized spacial score (nSPS) is 17.8. The molecule has 1 aliphatic heterocycles. The highest BCUT2D eigenvalue weighted by atomic mass is 16.2. The fraction of sp³-hybridized carbons (Fsp3) is 0.0769. The van der Waals surface area contributed by atoms with E-state index >= 15 is 0 Å². The van der Waals surface area contributed by atoms with Crippen LogP contribution in [0.5, 0.6) is 0 Å². The molecule has 5 heteroatoms. The highest BCUT2D eigenvalue weighted by molar-refractivity contribution is 5.77. The average molecular weight is 238 g/mol. The molecule has 0 saturated heterocycles. The zero-order valence-corrected chi connectivity index (χ0v) is 9.45. The molecule has 1 N–H and O–H groups in total. The number of hydrogen-bond donors (Lipinski definition) is 1. The lowest BCUT2D eigenvalue weighted by atomic mass is 10.0. The SMILES string of the molecule is O=C1N=NC(c2ccccc2-c2ccccn2)N1. The van der Waals surface area contributed by atoms with Crippen molar-refractivity contribution in [1.82, 2.24) is 10.3 Å². The maximum absolute atomic E-state index is 11.1. The first-order chi connectivity index (χ1) is 8.84. The van der Waals surface area contributed by atoms with Crippen molar-refractivity contribution in [2.75, 3.05) is 0 Å². The van der Waals surface area contributed by atoms with Gasteiger partial charge in [-0.1, -0.05) is 35.4 Å². The van der Waals surface area contributed by atoms with Crippen molar-refractivity contribution in [3.05, 3.63) is 54.2 Å². The Hall–Kier alpha value is -2.56. The summed E-state index contributed by atoms with van der Waals surface area (Å²) in [6.45, 7) is 0. The van der Waals surface area contributed by atoms with E-state index in [-0.39, 0.29) is 0 Å². The number of pyridine rings is 1. The highest BCUT2D eigenvalue weighted by Crippen LogP contribution is 2.29. The molecule has 2 aromatic rings. The lowest BCUT2D eigenvalue weighted by Crippen LogP contribution is -2.18. The van der Waals surface area contributed by atoms with Crippen molar-refractivity contribution < 1.29 is 4.79 Å². The summed E-state index contributed by atoms with van der Waals surface area (Å²) in [5.41, 5.74) is 2.69. The summed E-state index contributed by atoms with van der Waals surface area (Å²) in [6, 6.07) is 13.0. The van der Waals surface area contributed by atoms with Crippen LogP contribution >= 0.6 is 0 Å². The summed E-state index contributed by atoms with van der Waals surface area (Å²) in [6.07, 6.45) is 1.32. The molecule has 1 aliphatic rings. The summed E-state index contributed by atoms with van der Waals surface area (Å²) < 4.78 is 0. The molecule has 0 radical (unpaired) electrons. The van der Waals surface area contributed by atoms with E-state index in [9.17, 15) is 4.79 Å². The molecule has 2 amide bonds. The minimum atomic E-state index is -0.421. The number of rotatable bonds is 2. The van der Waals surface area contributed by atoms with Crippen LogP contribution in [0.15, 0.2) is 58.9 Å². The molecule has 3 rings (SSSR count). The molecule has 18 heavy (non-hydrogen) atoms. The number of azo groups is 1. The van der Waals surface area contributed by atoms with Gasteiger partial charge in [-0.05, 0) is 12.1 Å². The van der Waals surface area contributed by atoms with Crippen molar-refractivity contribution in [3.8, 4) is 11.3 Å². The van der Waals surface area contributed by atoms with Gasteiger partial charge in [0.2, 0.25) is 0 Å². The van der Waals surface area contributed by atoms with Gasteiger partial charge in [0.15, 0.2) is 6.17 Å². The van der Waals surface area contributed by atoms with E-state index in [2.05, 4.69) is 20.5 Å². The first-order valence-electron chi connectivity index (χ1n) is 5.56. The van der Waals surface area contributed by atoms with E-state index < -0.39 is 12.2 Å². The fourth-order valence-corrected chi connectivity index (χ4v) is 1.92. The summed E-state index contributed by atoms with van der Waals surface area (Å²) in [7, 11) is 0. The van der Waals surface area contributed by atoms with E-state index in [4.69, 9.17) is 0 Å². The molecular weight excluding hydrogens is 228 g/mol. The number of nitrogens with zero attached hydrogens (tertiary/aromatic N) is 3. The molecule has 0 fully saturated rings. The van der Waals surface area contributed by atoms with E-state index in [1.54, 1.807) is 6.20 Å². The zero-order valence-electron chi connectivity index (χ0n) is 9.45. The number of amides is 2. The van der Waals surface area contributed by atoms with Gasteiger partial charge in [0.25, 0.3) is 0 Å². The number of benzene rings is 1. The molecule has 88 valence electrons. The van der Waals surface area contributed by atoms with Crippen LogP contribution in [0.1, 0.15) is 11.7 Å². The van der Waals surface area contributed by atoms with Gasteiger partial charge in [0, 0.05) is 17.3 Å². The van der Waals surface area contributed by atoms with Crippen LogP contribution in [0.4, 0.5) is 4.79 Å². The van der Waals surface area contributed by atoms with Crippen LogP contribution in [0, 0.1) is 0 Å². The highest BCUT2D eigenvalue weighted by Gasteiger charge is 2.22. The van der Waals surface area contributed by atoms with Gasteiger partial charge in [0.1, 0.15) is 0 Å². The number of nitrogens with one attached hydrogen (secondary N) is 1. The Balaban J connectivity index is 2.06. The van der Waals surface area contributed by atoms with Crippen molar-refractivity contribution in [2.45, 2.75) is 6.17 Å². The molecular formula is C13H10N4O. The molecule has 2 heterocycles. The maximum Gasteiger partial charge on any atom is 0.361 e. The van der Waals surface area contributed by atoms with Gasteiger partial charge in [-0.3, -0.25) is 4.98 Å². The molecule has 0 spiro atoms. The Labute approximate surface area is 104 Å². The van der Waals surface area contributed by atoms with Gasteiger partial charge >= 0.3 is 6.03 Å². The summed E-state index contributed by atoms with van der Waals surface area (Å²) in [5.74, 6) is 0. The number of carbonyl (C=O) groups is 1. The van der Waals surface area contributed by atoms with E-state index in [0.29, 0.717) is 0 Å². The monoisotopic (exact) mass is 238 g/mol. The van der Waals surface area contributed by atoms with E-state index in [0.717, 1.165) is 16.8 Å². The van der Waals surface area contributed by atoms with Gasteiger partial charge in [-0.15, -0.1) is 0 Å². The van der Waals surface area contributed by atoms with Crippen LogP contribution in [-0.4, -0.2) is 11.0 Å². The molecule has 1 atom stereocenters. The Morgan fingerprint density at radius 3 is 2.61 bits per heavy atom. The topological polar surface area (TPSA) is 66.7 Å². The Kier molecular flexibility index (Phi) is 2.57. The first-order valence-corrected chi connectivity index (χ1v) is 5.56. The van der Waals surface area contributed by atoms with Crippen LogP contribution < -0.4 is 5.32 Å². The first kappa shape index (κ1) is 10.6. The largest absolute Gasteiger partial charge is 0.361 e. The van der Waals surface area contributed by atoms with E-state index in [1.165, 1.54) is 0 Å². The number of aromatic nitrogens is 1. The van der Waals surface area contributed by atoms with Crippen LogP contribution in [0.2, 0.25) is 0 Å². The third kappa shape index (κ3) is 1.86. The number of carbonyl (C=O) groups excluding carboxylic acids is 1. The Bertz CT molecular complexity index is 609. The second kappa shape index (κ2) is 4.37. The molecule has 1 unspecified atom stereocenters. The summed E-state index contributed by atoms with van der Waals surface area (Å²) in [4.78, 5) is 15.4. The third-order valence-corrected chi connectivity index (χ3v) is 2.72. The molecule has 1 aromatic carbocycles. The van der Waals surface area contributed by atoms with Crippen LogP contribution in [-0.2, 0) is 0 Å². The van der Waals surface area contributed by atoms with Crippen molar-refractivity contribution in [2.24, 2.45) is 10.2 Å². The number of hydrogen-bond acceptors (Lipinski definition) is 3. The van der Waals surface area contributed by atoms with E-state index in [1.807, 2.05) is 42.5 Å². The lowest BCUT2D eigenvalue weighted by Gasteiger charge is -2.12. The van der Waals surface area contributed by atoms with Gasteiger partial charge in [-0.25, -0.2) is 4.79 Å². The van der Waals surface area contributed by atoms with Gasteiger partial charge in [-0.2, -0.15) is 5.11 Å². The van der Waals surface area contributed by atoms with Crippen molar-refractivity contribution >= 4 is 6.03 Å². The smallest absolute Gasteiger partial charge is 0.307 e. The maximum atomic E-state index is 11.1. The molecule has 0 bridgehead atoms. The summed E-state index contributed by atoms with van der Waals surface area (Å²) in [5, 5.41) is 10.1. The summed E-state index contributed by atoms with van der Waals surface area (Å²) >= 11 is 0. The van der Waals surface area contributed by atoms with Crippen molar-refractivity contribution in [1.29, 1.82) is 0 Å². The predicted octanol–water partition coefficient (Wildman–Crippen LogP) is 2.92. The molecule has 0 aliphatic carbocycles. The second-order valence-electron chi connectivity index (χ2n) is 3.87. The second-order valence-corrected chi connectivity index (χ2v) is 3.87. The third-order valence-electron chi connectivity index (χ3n) is 2.72. The van der Waals surface area contributed by atoms with Gasteiger partial charge < -0.3 is 5.32 Å². The standard InChI is InChI=1S/C13H10N4O/c18-13-15-12(16-17-13)10-6-2-1-5-9(10)11-7-3-4-8-14-11/h1-8,12H,(H,15,18). The lowest BCUT2D eigenvalue weighted by molar-refractivity contribution is 0.250. The Morgan fingerprint density at radius 2 is 1.89 bits per heavy atom. The molecule has 0 saturated carbocycles. The average Bonchev–Trinajstić information content (AvgIpc) is 2.86. The van der Waals surface area contributed by atoms with Crippen LogP contribution in [0.25, 0.3) is 11.3 Å². The number of urea groups is 1. The van der Waals surface area contributed by atoms with Crippen LogP contribution in [0.3, 0.4) is 0 Å². The zero-order chi connectivity index (χ0) is 12.4. The minimum Gasteiger partial charge on any atom is -0.307 e. The minimum absolute atomic E-state index is 0.407. The predicted molar refractivity (Wildman–Crippen MR) is 65.8 cm³/mol. The Morgan fingerprint density at radius 1 is 1.06 bits per heavy atom. The quantitative estimate of drug-likeness (QED) is 0.874. The van der Waals surface area contributed by atoms with Crippen molar-refractivity contribution in [3.63, 3.8) is 0 Å². The molecule has 5 nitrogen and oxygen atoms in total.